The lowest BCUT2D eigenvalue weighted by molar-refractivity contribution is 0.594. The maximum Gasteiger partial charge on any atom is 0.320 e. The molecule has 0 atom stereocenters. The lowest BCUT2D eigenvalue weighted by Crippen LogP contribution is -2.25. The number of rotatable bonds is 2. The van der Waals surface area contributed by atoms with E-state index in [0.717, 1.165) is 11.4 Å². The van der Waals surface area contributed by atoms with Crippen LogP contribution in [0.4, 0.5) is 0 Å². The zero-order chi connectivity index (χ0) is 8.55. The molecule has 2 rings (SSSR count). The minimum absolute atomic E-state index is 0.335. The van der Waals surface area contributed by atoms with E-state index in [2.05, 4.69) is 12.1 Å². The zero-order valence-corrected chi connectivity index (χ0v) is 7.33. The molecule has 0 radical (unpaired) electrons. The third-order valence-corrected chi connectivity index (χ3v) is 2.47. The minimum Gasteiger partial charge on any atom is -0.447 e. The third-order valence-electron chi connectivity index (χ3n) is 2.47. The highest BCUT2D eigenvalue weighted by atomic mass is 16.2. The van der Waals surface area contributed by atoms with Gasteiger partial charge in [0.25, 0.3) is 0 Å². The Kier molecular flexibility index (Phi) is 1.93. The maximum atomic E-state index is 9.27. The number of benzene rings is 1. The molecule has 1 N–H and O–H groups in total. The molecule has 1 aromatic rings. The van der Waals surface area contributed by atoms with E-state index >= 15 is 0 Å². The molecular formula is C10H13BO. The summed E-state index contributed by atoms with van der Waals surface area (Å²) in [7, 11) is 0. The Balaban J connectivity index is 2.18. The van der Waals surface area contributed by atoms with Gasteiger partial charge in [0.15, 0.2) is 0 Å². The van der Waals surface area contributed by atoms with Gasteiger partial charge in [-0.25, -0.2) is 0 Å². The summed E-state index contributed by atoms with van der Waals surface area (Å²) >= 11 is 0. The highest BCUT2D eigenvalue weighted by Gasteiger charge is 2.23. The Morgan fingerprint density at radius 1 is 1.25 bits per heavy atom. The van der Waals surface area contributed by atoms with E-state index in [0.29, 0.717) is 0 Å². The summed E-state index contributed by atoms with van der Waals surface area (Å²) in [5.74, 6) is 0.813. The van der Waals surface area contributed by atoms with E-state index in [9.17, 15) is 5.02 Å². The molecule has 62 valence electrons. The molecule has 1 fully saturated rings. The first-order valence-electron chi connectivity index (χ1n) is 4.55. The van der Waals surface area contributed by atoms with E-state index in [-0.39, 0.29) is 6.92 Å². The highest BCUT2D eigenvalue weighted by molar-refractivity contribution is 6.64. The smallest absolute Gasteiger partial charge is 0.320 e. The second-order valence-corrected chi connectivity index (χ2v) is 3.62. The molecule has 0 saturated heterocycles. The predicted molar refractivity (Wildman–Crippen MR) is 51.9 cm³/mol. The summed E-state index contributed by atoms with van der Waals surface area (Å²) < 4.78 is 0. The second-order valence-electron chi connectivity index (χ2n) is 3.62. The normalized spacial score (nSPS) is 16.2. The molecule has 12 heavy (non-hydrogen) atoms. The van der Waals surface area contributed by atoms with Gasteiger partial charge in [-0.1, -0.05) is 31.1 Å². The Labute approximate surface area is 73.5 Å². The van der Waals surface area contributed by atoms with Gasteiger partial charge in [-0.2, -0.15) is 0 Å². The third kappa shape index (κ3) is 1.53. The second kappa shape index (κ2) is 2.94. The summed E-state index contributed by atoms with van der Waals surface area (Å²) in [5, 5.41) is 9.27. The molecule has 0 unspecified atom stereocenters. The van der Waals surface area contributed by atoms with Gasteiger partial charge in [0.2, 0.25) is 0 Å². The van der Waals surface area contributed by atoms with Crippen LogP contribution in [-0.4, -0.2) is 11.9 Å². The molecular weight excluding hydrogens is 147 g/mol. The lowest BCUT2D eigenvalue weighted by Gasteiger charge is -2.02. The van der Waals surface area contributed by atoms with Crippen molar-refractivity contribution >= 4 is 12.4 Å². The standard InChI is InChI=1S/C10H13BO/c1-11(12)10-6-4-9(5-7-10)8-2-3-8/h4-8,12H,2-3H2,1H3. The molecule has 1 aromatic carbocycles. The van der Waals surface area contributed by atoms with E-state index in [1.54, 1.807) is 6.82 Å². The minimum atomic E-state index is -0.335. The van der Waals surface area contributed by atoms with Crippen molar-refractivity contribution in [2.24, 2.45) is 0 Å². The highest BCUT2D eigenvalue weighted by Crippen LogP contribution is 2.39. The van der Waals surface area contributed by atoms with Gasteiger partial charge in [-0.3, -0.25) is 0 Å². The van der Waals surface area contributed by atoms with E-state index in [4.69, 9.17) is 0 Å². The molecule has 0 bridgehead atoms. The van der Waals surface area contributed by atoms with Crippen LogP contribution in [0, 0.1) is 0 Å². The summed E-state index contributed by atoms with van der Waals surface area (Å²) in [6.45, 7) is 1.46. The number of hydrogen-bond donors (Lipinski definition) is 1. The largest absolute Gasteiger partial charge is 0.447 e. The van der Waals surface area contributed by atoms with Crippen molar-refractivity contribution in [3.8, 4) is 0 Å². The van der Waals surface area contributed by atoms with Crippen molar-refractivity contribution in [3.05, 3.63) is 29.8 Å². The Morgan fingerprint density at radius 3 is 2.25 bits per heavy atom. The number of hydrogen-bond acceptors (Lipinski definition) is 1. The van der Waals surface area contributed by atoms with Crippen LogP contribution in [0.2, 0.25) is 6.82 Å². The van der Waals surface area contributed by atoms with Gasteiger partial charge in [0.1, 0.15) is 0 Å². The fourth-order valence-corrected chi connectivity index (χ4v) is 1.46. The van der Waals surface area contributed by atoms with Crippen LogP contribution in [0.3, 0.4) is 0 Å². The molecule has 1 saturated carbocycles. The Bertz CT molecular complexity index is 241. The molecule has 1 nitrogen and oxygen atoms in total. The van der Waals surface area contributed by atoms with Crippen molar-refractivity contribution in [2.75, 3.05) is 0 Å². The molecule has 0 amide bonds. The molecule has 2 heteroatoms. The molecule has 0 aliphatic heterocycles. The molecule has 0 heterocycles. The van der Waals surface area contributed by atoms with Gasteiger partial charge in [0, 0.05) is 0 Å². The summed E-state index contributed by atoms with van der Waals surface area (Å²) in [5.41, 5.74) is 2.44. The summed E-state index contributed by atoms with van der Waals surface area (Å²) in [6, 6.07) is 8.33. The lowest BCUT2D eigenvalue weighted by atomic mass is 9.64. The van der Waals surface area contributed by atoms with Gasteiger partial charge >= 0.3 is 6.92 Å². The predicted octanol–water partition coefficient (Wildman–Crippen LogP) is 1.38. The monoisotopic (exact) mass is 160 g/mol. The molecule has 1 aliphatic rings. The van der Waals surface area contributed by atoms with Crippen LogP contribution in [0.15, 0.2) is 24.3 Å². The van der Waals surface area contributed by atoms with Crippen molar-refractivity contribution in [1.82, 2.24) is 0 Å². The topological polar surface area (TPSA) is 20.2 Å². The van der Waals surface area contributed by atoms with Crippen molar-refractivity contribution in [2.45, 2.75) is 25.6 Å². The average molecular weight is 160 g/mol. The quantitative estimate of drug-likeness (QED) is 0.648. The molecule has 1 aliphatic carbocycles. The van der Waals surface area contributed by atoms with E-state index < -0.39 is 0 Å². The SMILES string of the molecule is CB(O)c1ccc(C2CC2)cc1. The molecule has 0 spiro atoms. The van der Waals surface area contributed by atoms with Crippen molar-refractivity contribution in [1.29, 1.82) is 0 Å². The van der Waals surface area contributed by atoms with Crippen molar-refractivity contribution in [3.63, 3.8) is 0 Å². The van der Waals surface area contributed by atoms with Gasteiger partial charge in [0.05, 0.1) is 0 Å². The van der Waals surface area contributed by atoms with E-state index in [1.807, 2.05) is 12.1 Å². The fourth-order valence-electron chi connectivity index (χ4n) is 1.46. The van der Waals surface area contributed by atoms with E-state index in [1.165, 1.54) is 18.4 Å². The first kappa shape index (κ1) is 7.87. The van der Waals surface area contributed by atoms with Gasteiger partial charge in [-0.15, -0.1) is 0 Å². The van der Waals surface area contributed by atoms with Crippen molar-refractivity contribution < 1.29 is 5.02 Å². The van der Waals surface area contributed by atoms with Gasteiger partial charge < -0.3 is 5.02 Å². The van der Waals surface area contributed by atoms with Crippen LogP contribution >= 0.6 is 0 Å². The van der Waals surface area contributed by atoms with Crippen LogP contribution in [0.25, 0.3) is 0 Å². The van der Waals surface area contributed by atoms with Crippen LogP contribution in [-0.2, 0) is 0 Å². The van der Waals surface area contributed by atoms with Crippen LogP contribution in [0.1, 0.15) is 24.3 Å². The summed E-state index contributed by atoms with van der Waals surface area (Å²) in [6.07, 6.45) is 2.68. The van der Waals surface area contributed by atoms with Crippen LogP contribution in [0.5, 0.6) is 0 Å². The summed E-state index contributed by atoms with van der Waals surface area (Å²) in [4.78, 5) is 0. The first-order valence-corrected chi connectivity index (χ1v) is 4.55. The molecule has 0 aromatic heterocycles. The zero-order valence-electron chi connectivity index (χ0n) is 7.33. The average Bonchev–Trinajstić information content (AvgIpc) is 2.87. The van der Waals surface area contributed by atoms with Crippen LogP contribution < -0.4 is 5.46 Å². The maximum absolute atomic E-state index is 9.27. The first-order chi connectivity index (χ1) is 5.77. The van der Waals surface area contributed by atoms with Gasteiger partial charge in [-0.05, 0) is 29.8 Å². The fraction of sp³-hybridized carbons (Fsp3) is 0.400. The Morgan fingerprint density at radius 2 is 1.83 bits per heavy atom. The Hall–Kier alpha value is -0.755.